The van der Waals surface area contributed by atoms with Crippen molar-refractivity contribution in [1.82, 2.24) is 0 Å². The van der Waals surface area contributed by atoms with Crippen LogP contribution in [0.4, 0.5) is 0 Å². The van der Waals surface area contributed by atoms with Gasteiger partial charge in [-0.15, -0.1) is 0 Å². The summed E-state index contributed by atoms with van der Waals surface area (Å²) in [6, 6.07) is 0. The van der Waals surface area contributed by atoms with E-state index < -0.39 is 23.4 Å². The first-order valence-corrected chi connectivity index (χ1v) is 8.07. The van der Waals surface area contributed by atoms with Gasteiger partial charge >= 0.3 is 0 Å². The molecule has 0 spiro atoms. The molecule has 22 heavy (non-hydrogen) atoms. The lowest BCUT2D eigenvalue weighted by Crippen LogP contribution is -2.49. The number of ether oxygens (including phenoxy) is 2. The van der Waals surface area contributed by atoms with Crippen LogP contribution < -0.4 is 0 Å². The number of rotatable bonds is 2. The number of methoxy groups -OCH3 is 1. The minimum absolute atomic E-state index is 0.0776. The standard InChI is InChI=1S/C17H26O5/c1-16(2,20)10-5-6-17(3)11(10)7-9-14(19)13(21-4)8-12(18)15(9)22-17/h10-13,18,20H,5-8H2,1-4H3. The molecule has 5 nitrogen and oxygen atoms in total. The van der Waals surface area contributed by atoms with Crippen molar-refractivity contribution in [2.24, 2.45) is 11.8 Å². The molecule has 1 saturated carbocycles. The third-order valence-corrected chi connectivity index (χ3v) is 5.81. The molecule has 1 aliphatic heterocycles. The molecule has 0 amide bonds. The minimum Gasteiger partial charge on any atom is -0.488 e. The van der Waals surface area contributed by atoms with Crippen LogP contribution in [0.15, 0.2) is 11.3 Å². The minimum atomic E-state index is -0.805. The summed E-state index contributed by atoms with van der Waals surface area (Å²) in [5.74, 6) is 0.525. The molecular formula is C17H26O5. The molecule has 0 radical (unpaired) electrons. The highest BCUT2D eigenvalue weighted by molar-refractivity contribution is 6.00. The second-order valence-electron chi connectivity index (χ2n) is 7.71. The van der Waals surface area contributed by atoms with Crippen LogP contribution in [-0.2, 0) is 14.3 Å². The molecule has 124 valence electrons. The maximum Gasteiger partial charge on any atom is 0.191 e. The van der Waals surface area contributed by atoms with Crippen molar-refractivity contribution in [3.63, 3.8) is 0 Å². The Labute approximate surface area is 131 Å². The smallest absolute Gasteiger partial charge is 0.191 e. The average molecular weight is 310 g/mol. The fraction of sp³-hybridized carbons (Fsp3) is 0.824. The summed E-state index contributed by atoms with van der Waals surface area (Å²) in [6.45, 7) is 5.68. The number of aliphatic hydroxyl groups excluding tert-OH is 1. The van der Waals surface area contributed by atoms with Gasteiger partial charge in [-0.2, -0.15) is 0 Å². The Bertz CT molecular complexity index is 518. The molecule has 0 aromatic carbocycles. The summed E-state index contributed by atoms with van der Waals surface area (Å²) in [5.41, 5.74) is -0.657. The van der Waals surface area contributed by atoms with E-state index in [-0.39, 0.29) is 24.0 Å². The molecule has 5 heteroatoms. The van der Waals surface area contributed by atoms with Crippen LogP contribution in [0.5, 0.6) is 0 Å². The zero-order chi connectivity index (χ0) is 16.3. The number of hydrogen-bond acceptors (Lipinski definition) is 5. The van der Waals surface area contributed by atoms with E-state index in [2.05, 4.69) is 0 Å². The Kier molecular flexibility index (Phi) is 3.66. The van der Waals surface area contributed by atoms with Crippen LogP contribution in [0.1, 0.15) is 46.5 Å². The molecule has 0 saturated heterocycles. The number of carbonyl (C=O) groups is 1. The normalized spacial score (nSPS) is 42.0. The van der Waals surface area contributed by atoms with Gasteiger partial charge in [-0.3, -0.25) is 4.79 Å². The van der Waals surface area contributed by atoms with Gasteiger partial charge in [0.1, 0.15) is 23.6 Å². The van der Waals surface area contributed by atoms with Gasteiger partial charge in [-0.05, 0) is 46.0 Å². The predicted octanol–water partition coefficient (Wildman–Crippen LogP) is 1.57. The van der Waals surface area contributed by atoms with E-state index in [0.717, 1.165) is 12.8 Å². The zero-order valence-electron chi connectivity index (χ0n) is 13.8. The molecule has 5 atom stereocenters. The van der Waals surface area contributed by atoms with Crippen molar-refractivity contribution >= 4 is 5.78 Å². The number of fused-ring (bicyclic) bond motifs is 1. The van der Waals surface area contributed by atoms with Crippen LogP contribution in [0.25, 0.3) is 0 Å². The lowest BCUT2D eigenvalue weighted by atomic mass is 9.71. The number of hydrogen-bond donors (Lipinski definition) is 2. The first-order chi connectivity index (χ1) is 10.2. The average Bonchev–Trinajstić information content (AvgIpc) is 2.77. The monoisotopic (exact) mass is 310 g/mol. The Morgan fingerprint density at radius 2 is 2.09 bits per heavy atom. The van der Waals surface area contributed by atoms with Crippen LogP contribution in [0.3, 0.4) is 0 Å². The molecular weight excluding hydrogens is 284 g/mol. The highest BCUT2D eigenvalue weighted by Crippen LogP contribution is 2.54. The Balaban J connectivity index is 1.97. The molecule has 0 bridgehead atoms. The number of aliphatic hydroxyl groups is 2. The van der Waals surface area contributed by atoms with Crippen molar-refractivity contribution in [2.45, 2.75) is 69.9 Å². The van der Waals surface area contributed by atoms with Crippen molar-refractivity contribution in [2.75, 3.05) is 7.11 Å². The lowest BCUT2D eigenvalue weighted by molar-refractivity contribution is -0.137. The van der Waals surface area contributed by atoms with Crippen molar-refractivity contribution in [1.29, 1.82) is 0 Å². The van der Waals surface area contributed by atoms with E-state index in [1.54, 1.807) is 0 Å². The van der Waals surface area contributed by atoms with Crippen LogP contribution >= 0.6 is 0 Å². The van der Waals surface area contributed by atoms with E-state index >= 15 is 0 Å². The van der Waals surface area contributed by atoms with Crippen molar-refractivity contribution in [3.8, 4) is 0 Å². The first-order valence-electron chi connectivity index (χ1n) is 8.07. The van der Waals surface area contributed by atoms with Gasteiger partial charge in [0.15, 0.2) is 5.78 Å². The number of Topliss-reactive ketones (excluding diaryl/α,β-unsaturated/α-hetero) is 1. The van der Waals surface area contributed by atoms with E-state index in [9.17, 15) is 15.0 Å². The predicted molar refractivity (Wildman–Crippen MR) is 80.1 cm³/mol. The highest BCUT2D eigenvalue weighted by Gasteiger charge is 2.56. The third kappa shape index (κ3) is 2.30. The van der Waals surface area contributed by atoms with Gasteiger partial charge in [0.05, 0.1) is 5.60 Å². The molecule has 5 unspecified atom stereocenters. The third-order valence-electron chi connectivity index (χ3n) is 5.81. The van der Waals surface area contributed by atoms with E-state index in [1.165, 1.54) is 7.11 Å². The molecule has 3 aliphatic rings. The van der Waals surface area contributed by atoms with E-state index in [1.807, 2.05) is 20.8 Å². The van der Waals surface area contributed by atoms with Crippen molar-refractivity contribution in [3.05, 3.63) is 11.3 Å². The maximum atomic E-state index is 12.5. The number of carbonyl (C=O) groups excluding carboxylic acids is 1. The first kappa shape index (κ1) is 16.0. The molecule has 3 rings (SSSR count). The lowest BCUT2D eigenvalue weighted by Gasteiger charge is -2.45. The fourth-order valence-corrected chi connectivity index (χ4v) is 4.52. The van der Waals surface area contributed by atoms with Gasteiger partial charge in [-0.25, -0.2) is 0 Å². The Hall–Kier alpha value is -0.910. The summed E-state index contributed by atoms with van der Waals surface area (Å²) in [5, 5.41) is 20.8. The fourth-order valence-electron chi connectivity index (χ4n) is 4.52. The van der Waals surface area contributed by atoms with Crippen molar-refractivity contribution < 1.29 is 24.5 Å². The summed E-state index contributed by atoms with van der Waals surface area (Å²) >= 11 is 0. The summed E-state index contributed by atoms with van der Waals surface area (Å²) in [7, 11) is 1.49. The Morgan fingerprint density at radius 1 is 1.41 bits per heavy atom. The number of ketones is 1. The van der Waals surface area contributed by atoms with Gasteiger partial charge in [0.25, 0.3) is 0 Å². The summed E-state index contributed by atoms with van der Waals surface area (Å²) in [6.07, 6.45) is 1.13. The molecule has 2 N–H and O–H groups in total. The second kappa shape index (κ2) is 5.05. The van der Waals surface area contributed by atoms with Gasteiger partial charge < -0.3 is 19.7 Å². The molecule has 1 heterocycles. The summed E-state index contributed by atoms with van der Waals surface area (Å²) < 4.78 is 11.3. The quantitative estimate of drug-likeness (QED) is 0.809. The van der Waals surface area contributed by atoms with Crippen LogP contribution in [0, 0.1) is 11.8 Å². The molecule has 1 fully saturated rings. The molecule has 0 aromatic heterocycles. The molecule has 2 aliphatic carbocycles. The highest BCUT2D eigenvalue weighted by atomic mass is 16.5. The second-order valence-corrected chi connectivity index (χ2v) is 7.71. The SMILES string of the molecule is COC1CC(O)C2=C(CC3C(C(C)(C)O)CCC3(C)O2)C1=O. The zero-order valence-corrected chi connectivity index (χ0v) is 13.8. The van der Waals surface area contributed by atoms with E-state index in [0.29, 0.717) is 17.8 Å². The topological polar surface area (TPSA) is 76.0 Å². The van der Waals surface area contributed by atoms with Gasteiger partial charge in [0, 0.05) is 25.0 Å². The maximum absolute atomic E-state index is 12.5. The van der Waals surface area contributed by atoms with Gasteiger partial charge in [-0.1, -0.05) is 0 Å². The van der Waals surface area contributed by atoms with E-state index in [4.69, 9.17) is 9.47 Å². The van der Waals surface area contributed by atoms with Crippen LogP contribution in [0.2, 0.25) is 0 Å². The largest absolute Gasteiger partial charge is 0.488 e. The van der Waals surface area contributed by atoms with Crippen LogP contribution in [-0.4, -0.2) is 46.5 Å². The van der Waals surface area contributed by atoms with Gasteiger partial charge in [0.2, 0.25) is 0 Å². The Morgan fingerprint density at radius 3 is 2.68 bits per heavy atom. The summed E-state index contributed by atoms with van der Waals surface area (Å²) in [4.78, 5) is 12.5. The molecule has 0 aromatic rings.